The van der Waals surface area contributed by atoms with Gasteiger partial charge in [0.15, 0.2) is 0 Å². The number of carbonyl (C=O) groups is 2. The molecule has 0 aliphatic heterocycles. The second kappa shape index (κ2) is 9.58. The number of carbonyl (C=O) groups excluding carboxylic acids is 2. The van der Waals surface area contributed by atoms with Gasteiger partial charge in [0.2, 0.25) is 11.8 Å². The molecule has 0 saturated heterocycles. The van der Waals surface area contributed by atoms with E-state index in [-0.39, 0.29) is 12.5 Å². The molecule has 2 aromatic carbocycles. The lowest BCUT2D eigenvalue weighted by Gasteiger charge is -2.09. The van der Waals surface area contributed by atoms with Gasteiger partial charge in [-0.1, -0.05) is 35.9 Å². The van der Waals surface area contributed by atoms with E-state index in [0.717, 1.165) is 11.3 Å². The second-order valence-electron chi connectivity index (χ2n) is 5.74. The fourth-order valence-corrected chi connectivity index (χ4v) is 2.24. The van der Waals surface area contributed by atoms with Crippen LogP contribution in [0.5, 0.6) is 5.75 Å². The Kier molecular flexibility index (Phi) is 7.17. The van der Waals surface area contributed by atoms with Crippen molar-refractivity contribution in [3.05, 3.63) is 59.1 Å². The van der Waals surface area contributed by atoms with E-state index in [1.54, 1.807) is 30.3 Å². The van der Waals surface area contributed by atoms with Gasteiger partial charge in [-0.3, -0.25) is 9.59 Å². The topological polar surface area (TPSA) is 79.8 Å². The number of nitrogens with zero attached hydrogens (tertiary/aromatic N) is 1. The number of ether oxygens (including phenoxy) is 1. The first-order valence-corrected chi connectivity index (χ1v) is 8.45. The fraction of sp³-hybridized carbons (Fsp3) is 0.211. The van der Waals surface area contributed by atoms with Crippen molar-refractivity contribution in [2.45, 2.75) is 26.4 Å². The smallest absolute Gasteiger partial charge is 0.249 e. The summed E-state index contributed by atoms with van der Waals surface area (Å²) in [7, 11) is 0. The van der Waals surface area contributed by atoms with Gasteiger partial charge >= 0.3 is 0 Å². The lowest BCUT2D eigenvalue weighted by Crippen LogP contribution is -2.24. The molecule has 136 valence electrons. The molecule has 2 aromatic rings. The van der Waals surface area contributed by atoms with E-state index in [1.807, 2.05) is 32.0 Å². The minimum atomic E-state index is -0.527. The summed E-state index contributed by atoms with van der Waals surface area (Å²) in [4.78, 5) is 23.6. The van der Waals surface area contributed by atoms with Gasteiger partial charge in [-0.15, -0.1) is 0 Å². The van der Waals surface area contributed by atoms with Crippen molar-refractivity contribution in [3.8, 4) is 5.75 Å². The van der Waals surface area contributed by atoms with Crippen molar-refractivity contribution in [1.29, 1.82) is 0 Å². The predicted octanol–water partition coefficient (Wildman–Crippen LogP) is 3.61. The van der Waals surface area contributed by atoms with E-state index in [9.17, 15) is 9.59 Å². The number of hydrogen-bond donors (Lipinski definition) is 2. The zero-order valence-electron chi connectivity index (χ0n) is 14.5. The Morgan fingerprint density at radius 2 is 1.92 bits per heavy atom. The maximum atomic E-state index is 11.9. The van der Waals surface area contributed by atoms with Gasteiger partial charge in [-0.25, -0.2) is 5.43 Å². The highest BCUT2D eigenvalue weighted by Gasteiger charge is 2.10. The molecule has 0 bridgehead atoms. The molecule has 0 aromatic heterocycles. The van der Waals surface area contributed by atoms with Crippen molar-refractivity contribution < 1.29 is 14.3 Å². The average Bonchev–Trinajstić information content (AvgIpc) is 2.56. The van der Waals surface area contributed by atoms with Crippen molar-refractivity contribution in [1.82, 2.24) is 5.43 Å². The third kappa shape index (κ3) is 6.57. The van der Waals surface area contributed by atoms with Gasteiger partial charge in [0.05, 0.1) is 23.0 Å². The summed E-state index contributed by atoms with van der Waals surface area (Å²) in [6.45, 7) is 3.88. The predicted molar refractivity (Wildman–Crippen MR) is 103 cm³/mol. The molecule has 0 atom stereocenters. The van der Waals surface area contributed by atoms with Crippen LogP contribution in [0.4, 0.5) is 5.69 Å². The number of rotatable bonds is 7. The van der Waals surface area contributed by atoms with Crippen LogP contribution in [0.25, 0.3) is 0 Å². The van der Waals surface area contributed by atoms with Gasteiger partial charge < -0.3 is 10.1 Å². The molecule has 0 aliphatic rings. The normalized spacial score (nSPS) is 10.8. The summed E-state index contributed by atoms with van der Waals surface area (Å²) in [5, 5.41) is 6.83. The summed E-state index contributed by atoms with van der Waals surface area (Å²) in [6.07, 6.45) is 1.19. The average molecular weight is 374 g/mol. The molecule has 0 radical (unpaired) electrons. The molecule has 0 aliphatic carbocycles. The Hall–Kier alpha value is -2.86. The molecule has 2 rings (SSSR count). The molecule has 6 nitrogen and oxygen atoms in total. The fourth-order valence-electron chi connectivity index (χ4n) is 2.06. The number of amides is 2. The van der Waals surface area contributed by atoms with Gasteiger partial charge in [0, 0.05) is 0 Å². The van der Waals surface area contributed by atoms with E-state index in [2.05, 4.69) is 15.8 Å². The van der Waals surface area contributed by atoms with Crippen molar-refractivity contribution in [2.75, 3.05) is 5.32 Å². The monoisotopic (exact) mass is 373 g/mol. The van der Waals surface area contributed by atoms with Gasteiger partial charge in [-0.2, -0.15) is 5.10 Å². The Bertz CT molecular complexity index is 806. The number of anilines is 1. The van der Waals surface area contributed by atoms with Gasteiger partial charge in [0.1, 0.15) is 12.2 Å². The van der Waals surface area contributed by atoms with Crippen molar-refractivity contribution >= 4 is 35.3 Å². The van der Waals surface area contributed by atoms with Gasteiger partial charge in [0.25, 0.3) is 0 Å². The van der Waals surface area contributed by atoms with Crippen LogP contribution in [0.15, 0.2) is 53.6 Å². The molecular weight excluding hydrogens is 354 g/mol. The van der Waals surface area contributed by atoms with Gasteiger partial charge in [-0.05, 0) is 43.7 Å². The van der Waals surface area contributed by atoms with E-state index < -0.39 is 11.8 Å². The standard InChI is InChI=1S/C19H20ClN3O3/c1-13(2)26-15-7-5-6-14(10-15)12-21-23-19(25)11-18(24)22-17-9-4-3-8-16(17)20/h3-10,12-13H,11H2,1-2H3,(H,22,24)(H,23,25). The number of halogens is 1. The van der Waals surface area contributed by atoms with Crippen molar-refractivity contribution in [3.63, 3.8) is 0 Å². The molecule has 2 N–H and O–H groups in total. The molecular formula is C19H20ClN3O3. The number of para-hydroxylation sites is 1. The number of hydrogen-bond acceptors (Lipinski definition) is 4. The largest absolute Gasteiger partial charge is 0.491 e. The Morgan fingerprint density at radius 1 is 1.15 bits per heavy atom. The van der Waals surface area contributed by atoms with Crippen LogP contribution in [0.2, 0.25) is 5.02 Å². The van der Waals surface area contributed by atoms with Crippen LogP contribution in [0.1, 0.15) is 25.8 Å². The summed E-state index contributed by atoms with van der Waals surface area (Å²) in [5.74, 6) is -0.284. The summed E-state index contributed by atoms with van der Waals surface area (Å²) >= 11 is 5.95. The molecule has 26 heavy (non-hydrogen) atoms. The first-order valence-electron chi connectivity index (χ1n) is 8.07. The van der Waals surface area contributed by atoms with Crippen LogP contribution in [0.3, 0.4) is 0 Å². The number of hydrazone groups is 1. The summed E-state index contributed by atoms with van der Waals surface area (Å²) in [5.41, 5.74) is 3.54. The van der Waals surface area contributed by atoms with Crippen LogP contribution in [-0.4, -0.2) is 24.1 Å². The van der Waals surface area contributed by atoms with Crippen molar-refractivity contribution in [2.24, 2.45) is 5.10 Å². The molecule has 0 fully saturated rings. The SMILES string of the molecule is CC(C)Oc1cccc(C=NNC(=O)CC(=O)Nc2ccccc2Cl)c1. The van der Waals surface area contributed by atoms with E-state index in [4.69, 9.17) is 16.3 Å². The lowest BCUT2D eigenvalue weighted by atomic mass is 10.2. The zero-order valence-corrected chi connectivity index (χ0v) is 15.3. The van der Waals surface area contributed by atoms with E-state index >= 15 is 0 Å². The number of benzene rings is 2. The summed E-state index contributed by atoms with van der Waals surface area (Å²) < 4.78 is 5.59. The molecule has 0 saturated carbocycles. The molecule has 0 spiro atoms. The van der Waals surface area contributed by atoms with E-state index in [1.165, 1.54) is 6.21 Å². The zero-order chi connectivity index (χ0) is 18.9. The minimum absolute atomic E-state index is 0.0681. The Balaban J connectivity index is 1.83. The summed E-state index contributed by atoms with van der Waals surface area (Å²) in [6, 6.07) is 14.1. The highest BCUT2D eigenvalue weighted by Crippen LogP contribution is 2.20. The third-order valence-electron chi connectivity index (χ3n) is 3.10. The van der Waals surface area contributed by atoms with Crippen LogP contribution in [-0.2, 0) is 9.59 Å². The molecule has 7 heteroatoms. The molecule has 2 amide bonds. The quantitative estimate of drug-likeness (QED) is 0.442. The highest BCUT2D eigenvalue weighted by atomic mass is 35.5. The number of nitrogens with one attached hydrogen (secondary N) is 2. The molecule has 0 heterocycles. The molecule has 0 unspecified atom stereocenters. The van der Waals surface area contributed by atoms with Crippen LogP contribution in [0, 0.1) is 0 Å². The van der Waals surface area contributed by atoms with Crippen LogP contribution >= 0.6 is 11.6 Å². The minimum Gasteiger partial charge on any atom is -0.491 e. The maximum Gasteiger partial charge on any atom is 0.249 e. The second-order valence-corrected chi connectivity index (χ2v) is 6.14. The van der Waals surface area contributed by atoms with E-state index in [0.29, 0.717) is 10.7 Å². The third-order valence-corrected chi connectivity index (χ3v) is 3.43. The first-order chi connectivity index (χ1) is 12.4. The Morgan fingerprint density at radius 3 is 2.65 bits per heavy atom. The van der Waals surface area contributed by atoms with Crippen LogP contribution < -0.4 is 15.5 Å². The maximum absolute atomic E-state index is 11.9. The lowest BCUT2D eigenvalue weighted by molar-refractivity contribution is -0.126. The Labute approximate surface area is 157 Å². The first kappa shape index (κ1) is 19.5. The highest BCUT2D eigenvalue weighted by molar-refractivity contribution is 6.33.